The first-order chi connectivity index (χ1) is 13.2. The van der Waals surface area contributed by atoms with Crippen LogP contribution in [0.15, 0.2) is 30.0 Å². The van der Waals surface area contributed by atoms with Gasteiger partial charge in [0.1, 0.15) is 0 Å². The first-order valence-corrected chi connectivity index (χ1v) is 10.6. The molecular weight excluding hydrogens is 374 g/mol. The number of rotatable bonds is 6. The highest BCUT2D eigenvalue weighted by Crippen LogP contribution is 2.45. The monoisotopic (exact) mass is 403 g/mol. The largest absolute Gasteiger partial charge is 0.481 e. The van der Waals surface area contributed by atoms with Crippen molar-refractivity contribution < 1.29 is 14.7 Å². The summed E-state index contributed by atoms with van der Waals surface area (Å²) >= 11 is 6.69. The maximum atomic E-state index is 12.8. The smallest absolute Gasteiger partial charge is 0.305 e. The van der Waals surface area contributed by atoms with Gasteiger partial charge >= 0.3 is 5.97 Å². The Balaban J connectivity index is 1.94. The topological polar surface area (TPSA) is 57.6 Å². The van der Waals surface area contributed by atoms with Crippen LogP contribution in [0.1, 0.15) is 76.3 Å². The zero-order valence-electron chi connectivity index (χ0n) is 17.0. The number of carbonyl (C=O) groups is 2. The Bertz CT molecular complexity index is 795. The Morgan fingerprint density at radius 3 is 2.57 bits per heavy atom. The summed E-state index contributed by atoms with van der Waals surface area (Å²) in [6.07, 6.45) is 7.08. The van der Waals surface area contributed by atoms with Crippen molar-refractivity contribution in [2.45, 2.75) is 70.6 Å². The predicted octanol–water partition coefficient (Wildman–Crippen LogP) is 5.50. The number of carboxylic acids is 1. The normalized spacial score (nSPS) is 23.4. The Kier molecular flexibility index (Phi) is 6.18. The molecule has 0 spiro atoms. The summed E-state index contributed by atoms with van der Waals surface area (Å²) in [6.45, 7) is 6.54. The Morgan fingerprint density at radius 2 is 2.00 bits per heavy atom. The summed E-state index contributed by atoms with van der Waals surface area (Å²) in [6, 6.07) is 6.33. The number of carbonyl (C=O) groups excluding carboxylic acids is 1. The molecular formula is C23H30ClNO3. The van der Waals surface area contributed by atoms with Crippen LogP contribution < -0.4 is 0 Å². The highest BCUT2D eigenvalue weighted by atomic mass is 35.5. The standard InChI is InChI=1S/C23H30ClNO3/c1-15(2)19-14-25(11-10-22(27)28)21(26)13-23(19,3)17-8-9-18(20(24)12-17)16-6-4-5-7-16/h8-9,12,14-16H,4-7,10-11,13H2,1-3H3,(H,27,28)/t23-/m0/s1. The minimum Gasteiger partial charge on any atom is -0.481 e. The molecule has 1 fully saturated rings. The summed E-state index contributed by atoms with van der Waals surface area (Å²) in [5.74, 6) is -0.147. The molecule has 5 heteroatoms. The molecule has 0 radical (unpaired) electrons. The number of hydrogen-bond acceptors (Lipinski definition) is 2. The summed E-state index contributed by atoms with van der Waals surface area (Å²) in [4.78, 5) is 25.3. The SMILES string of the molecule is CC(C)C1=CN(CCC(=O)O)C(=O)C[C@@]1(C)c1ccc(C2CCCC2)c(Cl)c1. The highest BCUT2D eigenvalue weighted by molar-refractivity contribution is 6.31. The predicted molar refractivity (Wildman–Crippen MR) is 112 cm³/mol. The highest BCUT2D eigenvalue weighted by Gasteiger charge is 2.40. The maximum absolute atomic E-state index is 12.8. The van der Waals surface area contributed by atoms with Gasteiger partial charge in [-0.05, 0) is 47.4 Å². The zero-order valence-corrected chi connectivity index (χ0v) is 17.8. The van der Waals surface area contributed by atoms with Crippen molar-refractivity contribution >= 4 is 23.5 Å². The van der Waals surface area contributed by atoms with Crippen molar-refractivity contribution in [2.75, 3.05) is 6.54 Å². The second kappa shape index (κ2) is 8.28. The molecule has 28 heavy (non-hydrogen) atoms. The number of aliphatic carboxylic acids is 1. The average Bonchev–Trinajstić information content (AvgIpc) is 3.14. The molecule has 0 bridgehead atoms. The Morgan fingerprint density at radius 1 is 1.32 bits per heavy atom. The van der Waals surface area contributed by atoms with Crippen LogP contribution in [0.5, 0.6) is 0 Å². The lowest BCUT2D eigenvalue weighted by Gasteiger charge is -2.41. The van der Waals surface area contributed by atoms with Crippen molar-refractivity contribution in [1.29, 1.82) is 0 Å². The van der Waals surface area contributed by atoms with E-state index in [-0.39, 0.29) is 24.8 Å². The van der Waals surface area contributed by atoms with Crippen LogP contribution in [0.2, 0.25) is 5.02 Å². The first kappa shape index (κ1) is 20.9. The Hall–Kier alpha value is -1.81. The minimum atomic E-state index is -0.894. The second-order valence-electron chi connectivity index (χ2n) is 8.70. The van der Waals surface area contributed by atoms with E-state index in [0.29, 0.717) is 12.3 Å². The number of benzene rings is 1. The van der Waals surface area contributed by atoms with Crippen molar-refractivity contribution in [2.24, 2.45) is 5.92 Å². The van der Waals surface area contributed by atoms with E-state index in [2.05, 4.69) is 32.9 Å². The van der Waals surface area contributed by atoms with Crippen molar-refractivity contribution in [1.82, 2.24) is 4.90 Å². The van der Waals surface area contributed by atoms with Gasteiger partial charge in [0.25, 0.3) is 0 Å². The molecule has 1 amide bonds. The average molecular weight is 404 g/mol. The molecule has 1 heterocycles. The fourth-order valence-electron chi connectivity index (χ4n) is 4.79. The van der Waals surface area contributed by atoms with Gasteiger partial charge < -0.3 is 10.0 Å². The Labute approximate surface area is 172 Å². The molecule has 1 aliphatic carbocycles. The third-order valence-electron chi connectivity index (χ3n) is 6.38. The number of hydrogen-bond donors (Lipinski definition) is 1. The van der Waals surface area contributed by atoms with Gasteiger partial charge in [0.15, 0.2) is 0 Å². The van der Waals surface area contributed by atoms with Crippen molar-refractivity contribution in [3.63, 3.8) is 0 Å². The number of halogens is 1. The lowest BCUT2D eigenvalue weighted by atomic mass is 9.68. The second-order valence-corrected chi connectivity index (χ2v) is 9.10. The molecule has 152 valence electrons. The van der Waals surface area contributed by atoms with Gasteiger partial charge in [0.2, 0.25) is 5.91 Å². The van der Waals surface area contributed by atoms with Crippen molar-refractivity contribution in [3.05, 3.63) is 46.1 Å². The summed E-state index contributed by atoms with van der Waals surface area (Å²) in [5, 5.41) is 9.76. The molecule has 0 aromatic heterocycles. The van der Waals surface area contributed by atoms with E-state index < -0.39 is 11.4 Å². The van der Waals surface area contributed by atoms with Gasteiger partial charge in [-0.3, -0.25) is 9.59 Å². The molecule has 0 unspecified atom stereocenters. The van der Waals surface area contributed by atoms with Crippen LogP contribution in [-0.2, 0) is 15.0 Å². The maximum Gasteiger partial charge on any atom is 0.305 e. The lowest BCUT2D eigenvalue weighted by molar-refractivity contribution is -0.138. The van der Waals surface area contributed by atoms with Crippen LogP contribution in [0.3, 0.4) is 0 Å². The van der Waals surface area contributed by atoms with Gasteiger partial charge in [-0.25, -0.2) is 0 Å². The lowest BCUT2D eigenvalue weighted by Crippen LogP contribution is -2.42. The molecule has 1 aromatic rings. The van der Waals surface area contributed by atoms with E-state index in [0.717, 1.165) is 16.2 Å². The van der Waals surface area contributed by atoms with Crippen LogP contribution in [-0.4, -0.2) is 28.4 Å². The van der Waals surface area contributed by atoms with E-state index in [9.17, 15) is 9.59 Å². The molecule has 1 aliphatic heterocycles. The summed E-state index contributed by atoms with van der Waals surface area (Å²) < 4.78 is 0. The van der Waals surface area contributed by atoms with Crippen LogP contribution in [0.4, 0.5) is 0 Å². The van der Waals surface area contributed by atoms with Gasteiger partial charge in [0.05, 0.1) is 6.42 Å². The molecule has 1 N–H and O–H groups in total. The number of allylic oxidation sites excluding steroid dienone is 1. The van der Waals surface area contributed by atoms with Crippen molar-refractivity contribution in [3.8, 4) is 0 Å². The fourth-order valence-corrected chi connectivity index (χ4v) is 5.12. The van der Waals surface area contributed by atoms with Gasteiger partial charge in [-0.1, -0.05) is 57.3 Å². The van der Waals surface area contributed by atoms with Crippen LogP contribution >= 0.6 is 11.6 Å². The van der Waals surface area contributed by atoms with E-state index in [1.54, 1.807) is 4.90 Å². The molecule has 1 saturated carbocycles. The molecule has 3 rings (SSSR count). The summed E-state index contributed by atoms with van der Waals surface area (Å²) in [5.41, 5.74) is 3.00. The van der Waals surface area contributed by atoms with E-state index in [1.165, 1.54) is 31.2 Å². The third-order valence-corrected chi connectivity index (χ3v) is 6.71. The van der Waals surface area contributed by atoms with Gasteiger partial charge in [-0.2, -0.15) is 0 Å². The van der Waals surface area contributed by atoms with E-state index in [4.69, 9.17) is 16.7 Å². The molecule has 0 saturated heterocycles. The quantitative estimate of drug-likeness (QED) is 0.681. The number of carboxylic acid groups (broad SMARTS) is 1. The fraction of sp³-hybridized carbons (Fsp3) is 0.565. The van der Waals surface area contributed by atoms with E-state index >= 15 is 0 Å². The van der Waals surface area contributed by atoms with Gasteiger partial charge in [0, 0.05) is 29.6 Å². The third kappa shape index (κ3) is 4.12. The van der Waals surface area contributed by atoms with Crippen LogP contribution in [0, 0.1) is 5.92 Å². The molecule has 1 atom stereocenters. The number of amides is 1. The minimum absolute atomic E-state index is 0.0378. The zero-order chi connectivity index (χ0) is 20.5. The van der Waals surface area contributed by atoms with E-state index in [1.807, 2.05) is 12.3 Å². The first-order valence-electron chi connectivity index (χ1n) is 10.3. The number of nitrogens with zero attached hydrogens (tertiary/aromatic N) is 1. The molecule has 4 nitrogen and oxygen atoms in total. The van der Waals surface area contributed by atoms with Gasteiger partial charge in [-0.15, -0.1) is 0 Å². The van der Waals surface area contributed by atoms with Crippen LogP contribution in [0.25, 0.3) is 0 Å². The molecule has 2 aliphatic rings. The summed E-state index contributed by atoms with van der Waals surface area (Å²) in [7, 11) is 0. The molecule has 1 aromatic carbocycles.